The molecular weight excluding hydrogens is 414 g/mol. The summed E-state index contributed by atoms with van der Waals surface area (Å²) >= 11 is 0. The second-order valence-electron chi connectivity index (χ2n) is 8.39. The Labute approximate surface area is 192 Å². The molecule has 3 heterocycles. The van der Waals surface area contributed by atoms with Gasteiger partial charge in [-0.25, -0.2) is 14.8 Å². The van der Waals surface area contributed by atoms with Gasteiger partial charge in [0.1, 0.15) is 23.7 Å². The number of ether oxygens (including phenoxy) is 1. The van der Waals surface area contributed by atoms with Crippen molar-refractivity contribution in [3.63, 3.8) is 0 Å². The molecule has 6 nitrogen and oxygen atoms in total. The Morgan fingerprint density at radius 3 is 2.73 bits per heavy atom. The zero-order chi connectivity index (χ0) is 23.1. The zero-order valence-electron chi connectivity index (χ0n) is 18.9. The summed E-state index contributed by atoms with van der Waals surface area (Å²) in [5.41, 5.74) is 8.25. The first-order valence-corrected chi connectivity index (χ1v) is 11.1. The summed E-state index contributed by atoms with van der Waals surface area (Å²) in [7, 11) is 0. The van der Waals surface area contributed by atoms with E-state index >= 15 is 0 Å². The van der Waals surface area contributed by atoms with Gasteiger partial charge in [-0.2, -0.15) is 0 Å². The molecule has 0 bridgehead atoms. The number of aryl methyl sites for hydroxylation is 3. The van der Waals surface area contributed by atoms with Crippen molar-refractivity contribution in [2.24, 2.45) is 0 Å². The van der Waals surface area contributed by atoms with E-state index in [1.165, 1.54) is 6.08 Å². The van der Waals surface area contributed by atoms with Crippen molar-refractivity contribution in [2.75, 3.05) is 0 Å². The third-order valence-electron chi connectivity index (χ3n) is 6.05. The van der Waals surface area contributed by atoms with Gasteiger partial charge in [0.15, 0.2) is 5.65 Å². The Bertz CT molecular complexity index is 1430. The highest BCUT2D eigenvalue weighted by atomic mass is 16.5. The quantitative estimate of drug-likeness (QED) is 0.450. The van der Waals surface area contributed by atoms with Crippen molar-refractivity contribution in [2.45, 2.75) is 40.3 Å². The number of aliphatic carboxylic acids is 1. The van der Waals surface area contributed by atoms with E-state index in [1.807, 2.05) is 49.4 Å². The highest BCUT2D eigenvalue weighted by Crippen LogP contribution is 2.37. The maximum Gasteiger partial charge on any atom is 0.328 e. The standard InChI is InChI=1S/C27H25N3O3/c1-4-24-29-26-16(2)11-17(3)28-27(26)30(24)14-18-9-10-21-22(13-25(31)32)20-8-6-5-7-19(20)15-33-23(21)12-18/h5-13H,4,14-15H2,1-3H3,(H,31,32). The van der Waals surface area contributed by atoms with Crippen LogP contribution in [0.25, 0.3) is 16.7 Å². The van der Waals surface area contributed by atoms with Gasteiger partial charge in [-0.3, -0.25) is 0 Å². The summed E-state index contributed by atoms with van der Waals surface area (Å²) < 4.78 is 8.32. The summed E-state index contributed by atoms with van der Waals surface area (Å²) in [5, 5.41) is 9.50. The van der Waals surface area contributed by atoms with Crippen LogP contribution in [0.5, 0.6) is 5.75 Å². The minimum atomic E-state index is -0.981. The summed E-state index contributed by atoms with van der Waals surface area (Å²) in [6, 6.07) is 15.8. The molecule has 0 saturated carbocycles. The first kappa shape index (κ1) is 20.9. The van der Waals surface area contributed by atoms with Crippen molar-refractivity contribution >= 4 is 22.7 Å². The molecule has 0 radical (unpaired) electrons. The van der Waals surface area contributed by atoms with E-state index in [0.29, 0.717) is 24.5 Å². The van der Waals surface area contributed by atoms with E-state index in [2.05, 4.69) is 24.5 Å². The number of carbonyl (C=O) groups is 1. The average molecular weight is 440 g/mol. The topological polar surface area (TPSA) is 77.2 Å². The van der Waals surface area contributed by atoms with Crippen molar-refractivity contribution in [3.05, 3.63) is 93.9 Å². The molecule has 4 aromatic rings. The molecule has 0 spiro atoms. The predicted molar refractivity (Wildman–Crippen MR) is 127 cm³/mol. The number of rotatable bonds is 4. The lowest BCUT2D eigenvalue weighted by atomic mass is 9.93. The lowest BCUT2D eigenvalue weighted by Crippen LogP contribution is -2.06. The van der Waals surface area contributed by atoms with Crippen molar-refractivity contribution < 1.29 is 14.6 Å². The summed E-state index contributed by atoms with van der Waals surface area (Å²) in [6.45, 7) is 7.16. The third-order valence-corrected chi connectivity index (χ3v) is 6.05. The molecule has 6 heteroatoms. The molecule has 0 aliphatic carbocycles. The fraction of sp³-hybridized carbons (Fsp3) is 0.222. The van der Waals surface area contributed by atoms with Crippen molar-refractivity contribution in [1.29, 1.82) is 0 Å². The van der Waals surface area contributed by atoms with E-state index in [0.717, 1.165) is 56.9 Å². The Balaban J connectivity index is 1.60. The van der Waals surface area contributed by atoms with Crippen LogP contribution in [0.3, 0.4) is 0 Å². The van der Waals surface area contributed by atoms with Gasteiger partial charge < -0.3 is 14.4 Å². The van der Waals surface area contributed by atoms with Crippen LogP contribution in [-0.4, -0.2) is 25.6 Å². The number of aromatic nitrogens is 3. The number of imidazole rings is 1. The van der Waals surface area contributed by atoms with Gasteiger partial charge >= 0.3 is 5.97 Å². The number of hydrogen-bond acceptors (Lipinski definition) is 4. The van der Waals surface area contributed by atoms with E-state index in [4.69, 9.17) is 14.7 Å². The Morgan fingerprint density at radius 2 is 1.94 bits per heavy atom. The molecule has 33 heavy (non-hydrogen) atoms. The van der Waals surface area contributed by atoms with E-state index in [1.54, 1.807) is 0 Å². The number of benzene rings is 2. The van der Waals surface area contributed by atoms with Crippen LogP contribution >= 0.6 is 0 Å². The third kappa shape index (κ3) is 3.78. The van der Waals surface area contributed by atoms with E-state index in [9.17, 15) is 9.90 Å². The molecule has 1 aliphatic rings. The second kappa shape index (κ2) is 8.20. The number of carboxylic acid groups (broad SMARTS) is 1. The fourth-order valence-corrected chi connectivity index (χ4v) is 4.56. The van der Waals surface area contributed by atoms with Crippen LogP contribution < -0.4 is 4.74 Å². The SMILES string of the molecule is CCc1nc2c(C)cc(C)nc2n1Cc1ccc2c(c1)OCc1ccccc1C2=CC(=O)O. The molecular formula is C27H25N3O3. The molecule has 2 aromatic carbocycles. The van der Waals surface area contributed by atoms with E-state index in [-0.39, 0.29) is 0 Å². The normalized spacial score (nSPS) is 14.0. The first-order chi connectivity index (χ1) is 15.9. The molecule has 2 aromatic heterocycles. The number of carboxylic acids is 1. The molecule has 1 aliphatic heterocycles. The number of pyridine rings is 1. The summed E-state index contributed by atoms with van der Waals surface area (Å²) in [4.78, 5) is 21.2. The van der Waals surface area contributed by atoms with Gasteiger partial charge in [0.2, 0.25) is 0 Å². The maximum atomic E-state index is 11.6. The minimum absolute atomic E-state index is 0.387. The van der Waals surface area contributed by atoms with Crippen LogP contribution in [-0.2, 0) is 24.4 Å². The monoisotopic (exact) mass is 439 g/mol. The highest BCUT2D eigenvalue weighted by molar-refractivity contribution is 5.97. The zero-order valence-corrected chi connectivity index (χ0v) is 18.9. The summed E-state index contributed by atoms with van der Waals surface area (Å²) in [5.74, 6) is 0.686. The lowest BCUT2D eigenvalue weighted by Gasteiger charge is -2.13. The van der Waals surface area contributed by atoms with Crippen LogP contribution in [0.15, 0.2) is 54.6 Å². The molecule has 5 rings (SSSR count). The largest absolute Gasteiger partial charge is 0.488 e. The van der Waals surface area contributed by atoms with Gasteiger partial charge in [0.25, 0.3) is 0 Å². The van der Waals surface area contributed by atoms with Gasteiger partial charge in [0.05, 0.1) is 6.54 Å². The van der Waals surface area contributed by atoms with Gasteiger partial charge in [-0.1, -0.05) is 43.3 Å². The second-order valence-corrected chi connectivity index (χ2v) is 8.39. The van der Waals surface area contributed by atoms with Gasteiger partial charge in [-0.15, -0.1) is 0 Å². The average Bonchev–Trinajstić information content (AvgIpc) is 3.06. The number of nitrogens with zero attached hydrogens (tertiary/aromatic N) is 3. The minimum Gasteiger partial charge on any atom is -0.488 e. The predicted octanol–water partition coefficient (Wildman–Crippen LogP) is 5.07. The maximum absolute atomic E-state index is 11.6. The molecule has 1 N–H and O–H groups in total. The van der Waals surface area contributed by atoms with Crippen LogP contribution in [0, 0.1) is 13.8 Å². The molecule has 0 unspecified atom stereocenters. The van der Waals surface area contributed by atoms with Crippen molar-refractivity contribution in [1.82, 2.24) is 14.5 Å². The molecule has 0 atom stereocenters. The molecule has 0 amide bonds. The first-order valence-electron chi connectivity index (χ1n) is 11.1. The van der Waals surface area contributed by atoms with Crippen LogP contribution in [0.2, 0.25) is 0 Å². The molecule has 0 saturated heterocycles. The Hall–Kier alpha value is -3.93. The van der Waals surface area contributed by atoms with Gasteiger partial charge in [0, 0.05) is 29.3 Å². The van der Waals surface area contributed by atoms with E-state index < -0.39 is 5.97 Å². The fourth-order valence-electron chi connectivity index (χ4n) is 4.56. The molecule has 166 valence electrons. The smallest absolute Gasteiger partial charge is 0.328 e. The number of hydrogen-bond donors (Lipinski definition) is 1. The summed E-state index contributed by atoms with van der Waals surface area (Å²) in [6.07, 6.45) is 2.07. The highest BCUT2D eigenvalue weighted by Gasteiger charge is 2.21. The lowest BCUT2D eigenvalue weighted by molar-refractivity contribution is -0.131. The van der Waals surface area contributed by atoms with Crippen LogP contribution in [0.1, 0.15) is 46.3 Å². The number of fused-ring (bicyclic) bond motifs is 3. The van der Waals surface area contributed by atoms with Crippen LogP contribution in [0.4, 0.5) is 0 Å². The molecule has 0 fully saturated rings. The Kier molecular flexibility index (Phi) is 5.21. The Morgan fingerprint density at radius 1 is 1.12 bits per heavy atom. The van der Waals surface area contributed by atoms with Crippen molar-refractivity contribution in [3.8, 4) is 5.75 Å². The van der Waals surface area contributed by atoms with Gasteiger partial charge in [-0.05, 0) is 48.2 Å².